The van der Waals surface area contributed by atoms with Crippen molar-refractivity contribution >= 4 is 23.1 Å². The summed E-state index contributed by atoms with van der Waals surface area (Å²) < 4.78 is 5.85. The second-order valence-corrected chi connectivity index (χ2v) is 9.42. The highest BCUT2D eigenvalue weighted by Gasteiger charge is 2.47. The third kappa shape index (κ3) is 4.69. The lowest BCUT2D eigenvalue weighted by atomic mass is 9.95. The summed E-state index contributed by atoms with van der Waals surface area (Å²) in [6.45, 7) is 10.5. The molecule has 1 fully saturated rings. The Balaban J connectivity index is 1.85. The SMILES string of the molecule is Cc1ccc(N2C(=O)C(=O)/C(=C(/O)c3ccc(OCC(C)C)c(C)c3)C2c2ccncc2)c(C)c1. The van der Waals surface area contributed by atoms with Gasteiger partial charge in [0.15, 0.2) is 0 Å². The highest BCUT2D eigenvalue weighted by atomic mass is 16.5. The molecule has 4 rings (SSSR count). The molecule has 3 aromatic rings. The minimum Gasteiger partial charge on any atom is -0.507 e. The minimum absolute atomic E-state index is 0.0522. The number of hydrogen-bond acceptors (Lipinski definition) is 5. The number of nitrogens with zero attached hydrogens (tertiary/aromatic N) is 2. The Labute approximate surface area is 205 Å². The van der Waals surface area contributed by atoms with Gasteiger partial charge in [-0.1, -0.05) is 31.5 Å². The van der Waals surface area contributed by atoms with Crippen LogP contribution in [-0.2, 0) is 9.59 Å². The molecule has 35 heavy (non-hydrogen) atoms. The van der Waals surface area contributed by atoms with E-state index in [4.69, 9.17) is 4.74 Å². The molecule has 0 radical (unpaired) electrons. The Hall–Kier alpha value is -3.93. The van der Waals surface area contributed by atoms with Crippen molar-refractivity contribution in [1.29, 1.82) is 0 Å². The molecule has 1 aliphatic heterocycles. The van der Waals surface area contributed by atoms with Crippen LogP contribution in [0.25, 0.3) is 5.76 Å². The number of aromatic nitrogens is 1. The third-order valence-corrected chi connectivity index (χ3v) is 6.10. The van der Waals surface area contributed by atoms with E-state index < -0.39 is 17.7 Å². The fourth-order valence-electron chi connectivity index (χ4n) is 4.39. The summed E-state index contributed by atoms with van der Waals surface area (Å²) >= 11 is 0. The second-order valence-electron chi connectivity index (χ2n) is 9.42. The van der Waals surface area contributed by atoms with Crippen LogP contribution in [0.4, 0.5) is 5.69 Å². The molecule has 2 aromatic carbocycles. The molecule has 1 aromatic heterocycles. The maximum Gasteiger partial charge on any atom is 0.300 e. The Bertz CT molecular complexity index is 1310. The molecule has 6 nitrogen and oxygen atoms in total. The number of benzene rings is 2. The zero-order chi connectivity index (χ0) is 25.3. The molecule has 0 aliphatic carbocycles. The first kappa shape index (κ1) is 24.2. The normalized spacial score (nSPS) is 17.3. The first-order chi connectivity index (χ1) is 16.7. The van der Waals surface area contributed by atoms with Crippen molar-refractivity contribution in [3.05, 3.63) is 94.3 Å². The fourth-order valence-corrected chi connectivity index (χ4v) is 4.39. The quantitative estimate of drug-likeness (QED) is 0.285. The number of aliphatic hydroxyl groups is 1. The van der Waals surface area contributed by atoms with Crippen molar-refractivity contribution in [1.82, 2.24) is 4.98 Å². The number of anilines is 1. The highest BCUT2D eigenvalue weighted by molar-refractivity contribution is 6.51. The molecule has 0 spiro atoms. The number of ketones is 1. The number of Topliss-reactive ketones (excluding diaryl/α,β-unsaturated/α-hetero) is 1. The summed E-state index contributed by atoms with van der Waals surface area (Å²) in [7, 11) is 0. The third-order valence-electron chi connectivity index (χ3n) is 6.10. The van der Waals surface area contributed by atoms with Crippen molar-refractivity contribution in [2.24, 2.45) is 5.92 Å². The Morgan fingerprint density at radius 2 is 1.71 bits per heavy atom. The van der Waals surface area contributed by atoms with E-state index in [0.29, 0.717) is 29.3 Å². The van der Waals surface area contributed by atoms with Gasteiger partial charge in [-0.15, -0.1) is 0 Å². The Kier molecular flexibility index (Phi) is 6.74. The van der Waals surface area contributed by atoms with Crippen molar-refractivity contribution in [2.45, 2.75) is 40.7 Å². The molecule has 1 N–H and O–H groups in total. The van der Waals surface area contributed by atoms with Gasteiger partial charge in [-0.05, 0) is 79.8 Å². The lowest BCUT2D eigenvalue weighted by Crippen LogP contribution is -2.30. The predicted octanol–water partition coefficient (Wildman–Crippen LogP) is 5.67. The summed E-state index contributed by atoms with van der Waals surface area (Å²) in [5.41, 5.74) is 4.58. The van der Waals surface area contributed by atoms with E-state index in [2.05, 4.69) is 18.8 Å². The highest BCUT2D eigenvalue weighted by Crippen LogP contribution is 2.43. The molecule has 0 saturated carbocycles. The number of pyridine rings is 1. The van der Waals surface area contributed by atoms with E-state index in [1.165, 1.54) is 4.90 Å². The molecule has 0 bridgehead atoms. The van der Waals surface area contributed by atoms with E-state index >= 15 is 0 Å². The Morgan fingerprint density at radius 3 is 2.34 bits per heavy atom. The van der Waals surface area contributed by atoms with Gasteiger partial charge in [0.05, 0.1) is 18.2 Å². The minimum atomic E-state index is -0.781. The van der Waals surface area contributed by atoms with E-state index in [1.807, 2.05) is 39.0 Å². The maximum absolute atomic E-state index is 13.3. The van der Waals surface area contributed by atoms with Gasteiger partial charge in [0, 0.05) is 23.6 Å². The van der Waals surface area contributed by atoms with Gasteiger partial charge < -0.3 is 9.84 Å². The average molecular weight is 471 g/mol. The van der Waals surface area contributed by atoms with Crippen LogP contribution < -0.4 is 9.64 Å². The van der Waals surface area contributed by atoms with Gasteiger partial charge >= 0.3 is 0 Å². The summed E-state index contributed by atoms with van der Waals surface area (Å²) in [4.78, 5) is 32.2. The van der Waals surface area contributed by atoms with Crippen LogP contribution in [0.3, 0.4) is 0 Å². The van der Waals surface area contributed by atoms with Crippen molar-refractivity contribution in [3.63, 3.8) is 0 Å². The monoisotopic (exact) mass is 470 g/mol. The number of aliphatic hydroxyl groups excluding tert-OH is 1. The van der Waals surface area contributed by atoms with Crippen molar-refractivity contribution in [2.75, 3.05) is 11.5 Å². The first-order valence-electron chi connectivity index (χ1n) is 11.7. The molecule has 6 heteroatoms. The van der Waals surface area contributed by atoms with Crippen LogP contribution in [-0.4, -0.2) is 28.4 Å². The van der Waals surface area contributed by atoms with Gasteiger partial charge in [0.2, 0.25) is 0 Å². The summed E-state index contributed by atoms with van der Waals surface area (Å²) in [6, 6.07) is 13.7. The molecule has 2 heterocycles. The fraction of sp³-hybridized carbons (Fsp3) is 0.276. The smallest absolute Gasteiger partial charge is 0.300 e. The number of amides is 1. The predicted molar refractivity (Wildman–Crippen MR) is 136 cm³/mol. The van der Waals surface area contributed by atoms with Crippen LogP contribution in [0.2, 0.25) is 0 Å². The number of rotatable bonds is 6. The number of aryl methyl sites for hydroxylation is 3. The van der Waals surface area contributed by atoms with Crippen molar-refractivity contribution in [3.8, 4) is 5.75 Å². The molecule has 1 amide bonds. The Morgan fingerprint density at radius 1 is 1.00 bits per heavy atom. The van der Waals surface area contributed by atoms with Crippen LogP contribution >= 0.6 is 0 Å². The number of ether oxygens (including phenoxy) is 1. The lowest BCUT2D eigenvalue weighted by molar-refractivity contribution is -0.132. The standard InChI is InChI=1S/C29H30N2O4/c1-17(2)16-35-24-9-7-22(15-20(24)5)27(32)25-26(21-10-12-30-13-11-21)31(29(34)28(25)33)23-8-6-18(3)14-19(23)4/h6-15,17,26,32H,16H2,1-5H3/b27-25+. The summed E-state index contributed by atoms with van der Waals surface area (Å²) in [6.07, 6.45) is 3.23. The second kappa shape index (κ2) is 9.74. The van der Waals surface area contributed by atoms with Crippen LogP contribution in [0, 0.1) is 26.7 Å². The van der Waals surface area contributed by atoms with Gasteiger partial charge in [0.25, 0.3) is 11.7 Å². The molecule has 1 aliphatic rings. The van der Waals surface area contributed by atoms with E-state index in [9.17, 15) is 14.7 Å². The van der Waals surface area contributed by atoms with Crippen LogP contribution in [0.15, 0.2) is 66.5 Å². The van der Waals surface area contributed by atoms with Gasteiger partial charge in [-0.25, -0.2) is 0 Å². The molecule has 1 atom stereocenters. The van der Waals surface area contributed by atoms with Crippen molar-refractivity contribution < 1.29 is 19.4 Å². The number of carbonyl (C=O) groups is 2. The molecule has 1 unspecified atom stereocenters. The maximum atomic E-state index is 13.3. The van der Waals surface area contributed by atoms with Gasteiger partial charge in [-0.2, -0.15) is 0 Å². The molecular formula is C29H30N2O4. The lowest BCUT2D eigenvalue weighted by Gasteiger charge is -2.27. The zero-order valence-electron chi connectivity index (χ0n) is 20.7. The van der Waals surface area contributed by atoms with Gasteiger partial charge in [0.1, 0.15) is 11.5 Å². The van der Waals surface area contributed by atoms with Crippen LogP contribution in [0.1, 0.15) is 47.7 Å². The largest absolute Gasteiger partial charge is 0.507 e. The summed E-state index contributed by atoms with van der Waals surface area (Å²) in [5.74, 6) is -0.507. The van der Waals surface area contributed by atoms with E-state index in [-0.39, 0.29) is 11.3 Å². The average Bonchev–Trinajstić information content (AvgIpc) is 3.08. The van der Waals surface area contributed by atoms with E-state index in [1.54, 1.807) is 42.7 Å². The molecule has 180 valence electrons. The summed E-state index contributed by atoms with van der Waals surface area (Å²) in [5, 5.41) is 11.4. The first-order valence-corrected chi connectivity index (χ1v) is 11.7. The zero-order valence-corrected chi connectivity index (χ0v) is 20.7. The number of hydrogen-bond donors (Lipinski definition) is 1. The van der Waals surface area contributed by atoms with Gasteiger partial charge in [-0.3, -0.25) is 19.5 Å². The topological polar surface area (TPSA) is 79.7 Å². The number of carbonyl (C=O) groups excluding carboxylic acids is 2. The molecule has 1 saturated heterocycles. The van der Waals surface area contributed by atoms with Crippen LogP contribution in [0.5, 0.6) is 5.75 Å². The van der Waals surface area contributed by atoms with E-state index in [0.717, 1.165) is 22.4 Å². The molecular weight excluding hydrogens is 440 g/mol.